The number of sulfone groups is 1. The molecule has 0 aromatic rings. The Bertz CT molecular complexity index is 501. The van der Waals surface area contributed by atoms with Crippen molar-refractivity contribution in [3.8, 4) is 0 Å². The van der Waals surface area contributed by atoms with Gasteiger partial charge in [0.25, 0.3) is 0 Å². The number of likely N-dealkylation sites (tertiary alicyclic amines) is 1. The maximum absolute atomic E-state index is 12.5. The van der Waals surface area contributed by atoms with Gasteiger partial charge in [-0.15, -0.1) is 0 Å². The number of hydrogen-bond acceptors (Lipinski definition) is 5. The van der Waals surface area contributed by atoms with Crippen molar-refractivity contribution in [2.24, 2.45) is 5.92 Å². The molecule has 0 aliphatic carbocycles. The minimum atomic E-state index is -3.33. The molecule has 2 heterocycles. The lowest BCUT2D eigenvalue weighted by Crippen LogP contribution is -2.50. The third-order valence-corrected chi connectivity index (χ3v) is 6.37. The van der Waals surface area contributed by atoms with Crippen LogP contribution in [0.1, 0.15) is 39.0 Å². The average Bonchev–Trinajstić information content (AvgIpc) is 2.46. The first-order valence-corrected chi connectivity index (χ1v) is 9.34. The van der Waals surface area contributed by atoms with Gasteiger partial charge in [0.1, 0.15) is 5.25 Å². The van der Waals surface area contributed by atoms with Crippen LogP contribution in [-0.2, 0) is 24.2 Å². The lowest BCUT2D eigenvalue weighted by atomic mass is 9.97. The summed E-state index contributed by atoms with van der Waals surface area (Å²) in [5.74, 6) is -0.849. The first-order valence-electron chi connectivity index (χ1n) is 7.62. The van der Waals surface area contributed by atoms with Gasteiger partial charge in [0.05, 0.1) is 18.3 Å². The van der Waals surface area contributed by atoms with E-state index < -0.39 is 15.1 Å². The Kier molecular flexibility index (Phi) is 5.24. The highest BCUT2D eigenvalue weighted by Gasteiger charge is 2.39. The zero-order valence-corrected chi connectivity index (χ0v) is 13.2. The zero-order valence-electron chi connectivity index (χ0n) is 12.4. The van der Waals surface area contributed by atoms with Crippen LogP contribution < -0.4 is 0 Å². The molecule has 2 aliphatic rings. The standard InChI is InChI=1S/C14H23NO5S/c1-2-20-14(17)11-6-5-8-15(10-11)13(16)12-7-3-4-9-21(12,18)19/h11-12H,2-10H2,1H3. The normalized spacial score (nSPS) is 28.9. The van der Waals surface area contributed by atoms with E-state index in [1.54, 1.807) is 11.8 Å². The van der Waals surface area contributed by atoms with E-state index in [1.165, 1.54) is 0 Å². The molecule has 0 aromatic heterocycles. The fourth-order valence-corrected chi connectivity index (χ4v) is 4.94. The van der Waals surface area contributed by atoms with Gasteiger partial charge in [-0.1, -0.05) is 6.42 Å². The van der Waals surface area contributed by atoms with Crippen LogP contribution >= 0.6 is 0 Å². The molecule has 2 atom stereocenters. The summed E-state index contributed by atoms with van der Waals surface area (Å²) in [6, 6.07) is 0. The first-order chi connectivity index (χ1) is 9.95. The molecule has 2 rings (SSSR count). The monoisotopic (exact) mass is 317 g/mol. The molecule has 0 N–H and O–H groups in total. The molecule has 2 saturated heterocycles. The zero-order chi connectivity index (χ0) is 15.5. The molecule has 120 valence electrons. The number of ether oxygens (including phenoxy) is 1. The lowest BCUT2D eigenvalue weighted by molar-refractivity contribution is -0.151. The third kappa shape index (κ3) is 3.75. The Morgan fingerprint density at radius 3 is 2.62 bits per heavy atom. The predicted octanol–water partition coefficient (Wildman–Crippen LogP) is 0.755. The van der Waals surface area contributed by atoms with Crippen molar-refractivity contribution in [2.75, 3.05) is 25.4 Å². The molecule has 0 spiro atoms. The van der Waals surface area contributed by atoms with Crippen LogP contribution in [-0.4, -0.2) is 55.9 Å². The van der Waals surface area contributed by atoms with Crippen LogP contribution in [0.4, 0.5) is 0 Å². The molecule has 0 aromatic carbocycles. The Balaban J connectivity index is 2.03. The quantitative estimate of drug-likeness (QED) is 0.718. The molecule has 2 fully saturated rings. The van der Waals surface area contributed by atoms with Crippen LogP contribution in [0.3, 0.4) is 0 Å². The van der Waals surface area contributed by atoms with E-state index in [-0.39, 0.29) is 30.1 Å². The van der Waals surface area contributed by atoms with E-state index in [2.05, 4.69) is 0 Å². The van der Waals surface area contributed by atoms with Gasteiger partial charge < -0.3 is 9.64 Å². The van der Waals surface area contributed by atoms with Crippen LogP contribution in [0.15, 0.2) is 0 Å². The number of rotatable bonds is 3. The second kappa shape index (κ2) is 6.77. The van der Waals surface area contributed by atoms with Gasteiger partial charge in [-0.2, -0.15) is 0 Å². The van der Waals surface area contributed by atoms with E-state index in [0.29, 0.717) is 38.8 Å². The summed E-state index contributed by atoms with van der Waals surface area (Å²) < 4.78 is 29.1. The van der Waals surface area contributed by atoms with Crippen LogP contribution in [0.25, 0.3) is 0 Å². The Morgan fingerprint density at radius 1 is 1.19 bits per heavy atom. The van der Waals surface area contributed by atoms with Crippen LogP contribution in [0.2, 0.25) is 0 Å². The largest absolute Gasteiger partial charge is 0.466 e. The van der Waals surface area contributed by atoms with Gasteiger partial charge >= 0.3 is 5.97 Å². The molecule has 0 radical (unpaired) electrons. The highest BCUT2D eigenvalue weighted by Crippen LogP contribution is 2.25. The number of nitrogens with zero attached hydrogens (tertiary/aromatic N) is 1. The molecule has 1 amide bonds. The number of amides is 1. The summed E-state index contributed by atoms with van der Waals surface area (Å²) >= 11 is 0. The van der Waals surface area contributed by atoms with E-state index in [4.69, 9.17) is 4.74 Å². The van der Waals surface area contributed by atoms with Crippen molar-refractivity contribution >= 4 is 21.7 Å². The molecule has 0 saturated carbocycles. The topological polar surface area (TPSA) is 80.8 Å². The number of carbonyl (C=O) groups excluding carboxylic acids is 2. The fourth-order valence-electron chi connectivity index (χ4n) is 3.07. The van der Waals surface area contributed by atoms with Crippen molar-refractivity contribution in [2.45, 2.75) is 44.3 Å². The first kappa shape index (κ1) is 16.3. The average molecular weight is 317 g/mol. The maximum atomic E-state index is 12.5. The van der Waals surface area contributed by atoms with Crippen molar-refractivity contribution in [3.63, 3.8) is 0 Å². The number of hydrogen-bond donors (Lipinski definition) is 0. The molecule has 0 bridgehead atoms. The van der Waals surface area contributed by atoms with Crippen molar-refractivity contribution in [3.05, 3.63) is 0 Å². The van der Waals surface area contributed by atoms with E-state index in [9.17, 15) is 18.0 Å². The molecule has 2 unspecified atom stereocenters. The molecule has 7 heteroatoms. The highest BCUT2D eigenvalue weighted by atomic mass is 32.2. The SMILES string of the molecule is CCOC(=O)C1CCCN(C(=O)C2CCCCS2(=O)=O)C1. The number of esters is 1. The molecular weight excluding hydrogens is 294 g/mol. The molecule has 6 nitrogen and oxygen atoms in total. The minimum absolute atomic E-state index is 0.0958. The van der Waals surface area contributed by atoms with Crippen molar-refractivity contribution in [1.29, 1.82) is 0 Å². The van der Waals surface area contributed by atoms with Crippen molar-refractivity contribution in [1.82, 2.24) is 4.90 Å². The van der Waals surface area contributed by atoms with Crippen LogP contribution in [0, 0.1) is 5.92 Å². The van der Waals surface area contributed by atoms with E-state index >= 15 is 0 Å². The van der Waals surface area contributed by atoms with Gasteiger partial charge in [-0.3, -0.25) is 9.59 Å². The van der Waals surface area contributed by atoms with E-state index in [0.717, 1.165) is 6.42 Å². The summed E-state index contributed by atoms with van der Waals surface area (Å²) in [6.45, 7) is 2.88. The smallest absolute Gasteiger partial charge is 0.310 e. The van der Waals surface area contributed by atoms with Crippen molar-refractivity contribution < 1.29 is 22.7 Å². The summed E-state index contributed by atoms with van der Waals surface area (Å²) in [6.07, 6.45) is 3.21. The minimum Gasteiger partial charge on any atom is -0.466 e. The molecule has 2 aliphatic heterocycles. The number of carbonyl (C=O) groups is 2. The Hall–Kier alpha value is -1.11. The fraction of sp³-hybridized carbons (Fsp3) is 0.857. The van der Waals surface area contributed by atoms with Gasteiger partial charge in [0.15, 0.2) is 9.84 Å². The van der Waals surface area contributed by atoms with Gasteiger partial charge in [0, 0.05) is 13.1 Å². The summed E-state index contributed by atoms with van der Waals surface area (Å²) in [5.41, 5.74) is 0. The summed E-state index contributed by atoms with van der Waals surface area (Å²) in [4.78, 5) is 25.8. The predicted molar refractivity (Wildman–Crippen MR) is 77.4 cm³/mol. The lowest BCUT2D eigenvalue weighted by Gasteiger charge is -2.34. The highest BCUT2D eigenvalue weighted by molar-refractivity contribution is 7.92. The van der Waals surface area contributed by atoms with Gasteiger partial charge in [0.2, 0.25) is 5.91 Å². The van der Waals surface area contributed by atoms with E-state index in [1.807, 2.05) is 0 Å². The molecule has 21 heavy (non-hydrogen) atoms. The summed E-state index contributed by atoms with van der Waals surface area (Å²) in [5, 5.41) is -0.910. The second-order valence-corrected chi connectivity index (χ2v) is 8.03. The van der Waals surface area contributed by atoms with Gasteiger partial charge in [-0.25, -0.2) is 8.42 Å². The Labute approximate surface area is 125 Å². The summed E-state index contributed by atoms with van der Waals surface area (Å²) in [7, 11) is -3.33. The number of piperidine rings is 1. The second-order valence-electron chi connectivity index (χ2n) is 5.73. The van der Waals surface area contributed by atoms with Crippen LogP contribution in [0.5, 0.6) is 0 Å². The Morgan fingerprint density at radius 2 is 1.95 bits per heavy atom. The third-order valence-electron chi connectivity index (χ3n) is 4.21. The molecular formula is C14H23NO5S. The van der Waals surface area contributed by atoms with Gasteiger partial charge in [-0.05, 0) is 32.6 Å². The maximum Gasteiger partial charge on any atom is 0.310 e.